The van der Waals surface area contributed by atoms with E-state index in [-0.39, 0.29) is 5.41 Å². The van der Waals surface area contributed by atoms with E-state index >= 15 is 0 Å². The highest BCUT2D eigenvalue weighted by Crippen LogP contribution is 2.61. The summed E-state index contributed by atoms with van der Waals surface area (Å²) in [5.41, 5.74) is 40.8. The quantitative estimate of drug-likeness (QED) is 0.0951. The summed E-state index contributed by atoms with van der Waals surface area (Å²) in [6, 6.07) is 194. The zero-order valence-electron chi connectivity index (χ0n) is 76.9. The molecule has 1 unspecified atom stereocenters. The molecule has 0 aliphatic heterocycles. The molecule has 27 rings (SSSR count). The summed E-state index contributed by atoms with van der Waals surface area (Å²) in [5, 5.41) is 7.61. The largest absolute Gasteiger partial charge is 0.310 e. The molecule has 2 nitrogen and oxygen atoms in total. The zero-order chi connectivity index (χ0) is 92.3. The molecule has 3 aliphatic rings. The van der Waals surface area contributed by atoms with Crippen molar-refractivity contribution in [2.75, 3.05) is 9.80 Å². The number of hydrogen-bond acceptors (Lipinski definition) is 4. The van der Waals surface area contributed by atoms with Gasteiger partial charge in [0.2, 0.25) is 0 Å². The van der Waals surface area contributed by atoms with E-state index in [2.05, 4.69) is 545 Å². The number of rotatable bonds is 16. The van der Waals surface area contributed by atoms with Crippen LogP contribution in [0.1, 0.15) is 69.5 Å². The second-order valence-corrected chi connectivity index (χ2v) is 39.8. The Labute approximate surface area is 818 Å². The lowest BCUT2D eigenvalue weighted by molar-refractivity contribution is 0.660. The number of anilines is 6. The van der Waals surface area contributed by atoms with Gasteiger partial charge >= 0.3 is 0 Å². The second-order valence-electron chi connectivity index (χ2n) is 37.7. The SMILES string of the molecule is CC1(C)c2ccccc2-c2ccc(N(c3ccc(-c4ccccc4)cc3)c3ccc4sc5ccc(C6(c7cc(-c8ccccc8)cc(-c8ccccc8)c7)c7ccccc7-c7ccccc76)cc5c4c3)cc21.c1ccc(-c2ccc(N(c3ccccc3)c3cccc(-c4ccc5c(c4)sc4cc(C6(c7cccc(-c8ccccc8)c7)c7ccccc7-c7cc8ccccc8cc76)ccc45)c3)cc2)cc1. The van der Waals surface area contributed by atoms with Crippen LogP contribution < -0.4 is 9.80 Å². The lowest BCUT2D eigenvalue weighted by atomic mass is 9.66. The molecule has 654 valence electrons. The average molecular weight is 1810 g/mol. The fraction of sp³-hybridized carbons (Fsp3) is 0.0370. The molecule has 0 saturated heterocycles. The highest BCUT2D eigenvalue weighted by molar-refractivity contribution is 7.26. The summed E-state index contributed by atoms with van der Waals surface area (Å²) < 4.78 is 5.12. The third-order valence-corrected chi connectivity index (χ3v) is 31.9. The van der Waals surface area contributed by atoms with Crippen LogP contribution in [0.2, 0.25) is 0 Å². The van der Waals surface area contributed by atoms with Crippen LogP contribution in [-0.4, -0.2) is 0 Å². The summed E-state index contributed by atoms with van der Waals surface area (Å²) in [6.07, 6.45) is 0. The predicted octanol–water partition coefficient (Wildman–Crippen LogP) is 37.2. The fourth-order valence-electron chi connectivity index (χ4n) is 23.1. The van der Waals surface area contributed by atoms with Gasteiger partial charge in [0.1, 0.15) is 0 Å². The molecule has 22 aromatic carbocycles. The van der Waals surface area contributed by atoms with Gasteiger partial charge in [0.05, 0.1) is 10.8 Å². The Bertz CT molecular complexity index is 8780. The number of hydrogen-bond donors (Lipinski definition) is 0. The monoisotopic (exact) mass is 1800 g/mol. The molecule has 0 saturated carbocycles. The van der Waals surface area contributed by atoms with Gasteiger partial charge in [-0.2, -0.15) is 0 Å². The van der Waals surface area contributed by atoms with Gasteiger partial charge in [0, 0.05) is 79.9 Å². The van der Waals surface area contributed by atoms with Crippen molar-refractivity contribution < 1.29 is 0 Å². The molecule has 4 heteroatoms. The van der Waals surface area contributed by atoms with Crippen molar-refractivity contribution in [3.05, 3.63) is 577 Å². The molecule has 0 N–H and O–H groups in total. The number of nitrogens with zero attached hydrogens (tertiary/aromatic N) is 2. The molecule has 0 amide bonds. The summed E-state index contributed by atoms with van der Waals surface area (Å²) in [5.74, 6) is 0. The van der Waals surface area contributed by atoms with Crippen molar-refractivity contribution in [1.82, 2.24) is 0 Å². The number of thiophene rings is 2. The van der Waals surface area contributed by atoms with Gasteiger partial charge in [-0.05, 0) is 306 Å². The van der Waals surface area contributed by atoms with Crippen molar-refractivity contribution in [2.45, 2.75) is 30.1 Å². The molecule has 2 heterocycles. The first kappa shape index (κ1) is 82.8. The predicted molar refractivity (Wildman–Crippen MR) is 590 cm³/mol. The molecule has 0 fully saturated rings. The van der Waals surface area contributed by atoms with Crippen molar-refractivity contribution in [3.8, 4) is 100 Å². The first-order valence-electron chi connectivity index (χ1n) is 48.1. The maximum absolute atomic E-state index is 2.53. The lowest BCUT2D eigenvalue weighted by Crippen LogP contribution is -2.28. The Hall–Kier alpha value is -16.9. The van der Waals surface area contributed by atoms with Crippen LogP contribution in [0.25, 0.3) is 151 Å². The van der Waals surface area contributed by atoms with Gasteiger partial charge in [-0.1, -0.05) is 396 Å². The van der Waals surface area contributed by atoms with E-state index in [0.717, 1.165) is 34.1 Å². The van der Waals surface area contributed by atoms with Crippen LogP contribution in [0.3, 0.4) is 0 Å². The van der Waals surface area contributed by atoms with Crippen LogP contribution in [-0.2, 0) is 16.2 Å². The van der Waals surface area contributed by atoms with Crippen LogP contribution in [0, 0.1) is 0 Å². The van der Waals surface area contributed by atoms with Gasteiger partial charge in [-0.15, -0.1) is 22.7 Å². The Balaban J connectivity index is 0.000000144. The topological polar surface area (TPSA) is 6.48 Å². The van der Waals surface area contributed by atoms with Crippen LogP contribution in [0.15, 0.2) is 522 Å². The first-order chi connectivity index (χ1) is 68.6. The molecule has 1 atom stereocenters. The summed E-state index contributed by atoms with van der Waals surface area (Å²) in [7, 11) is 0. The molecule has 24 aromatic rings. The molecule has 3 aliphatic carbocycles. The Morgan fingerprint density at radius 2 is 0.496 bits per heavy atom. The number of para-hydroxylation sites is 1. The highest BCUT2D eigenvalue weighted by atomic mass is 32.1. The molecular weight excluding hydrogens is 1710 g/mol. The van der Waals surface area contributed by atoms with E-state index in [4.69, 9.17) is 0 Å². The van der Waals surface area contributed by atoms with Gasteiger partial charge in [0.25, 0.3) is 0 Å². The molecule has 139 heavy (non-hydrogen) atoms. The minimum absolute atomic E-state index is 0.134. The average Bonchev–Trinajstić information content (AvgIpc) is 1.53. The van der Waals surface area contributed by atoms with E-state index in [9.17, 15) is 0 Å². The Morgan fingerprint density at radius 3 is 1.08 bits per heavy atom. The fourth-order valence-corrected chi connectivity index (χ4v) is 25.4. The second kappa shape index (κ2) is 33.9. The third-order valence-electron chi connectivity index (χ3n) is 29.6. The molecular formula is C135H92N2S2. The minimum Gasteiger partial charge on any atom is -0.310 e. The van der Waals surface area contributed by atoms with Crippen LogP contribution in [0.5, 0.6) is 0 Å². The van der Waals surface area contributed by atoms with Gasteiger partial charge in [-0.3, -0.25) is 0 Å². The highest BCUT2D eigenvalue weighted by Gasteiger charge is 2.49. The van der Waals surface area contributed by atoms with Gasteiger partial charge < -0.3 is 9.80 Å². The van der Waals surface area contributed by atoms with E-state index in [1.165, 1.54) is 207 Å². The smallest absolute Gasteiger partial charge is 0.0714 e. The molecule has 0 bridgehead atoms. The number of benzene rings is 22. The van der Waals surface area contributed by atoms with E-state index in [1.807, 2.05) is 22.7 Å². The van der Waals surface area contributed by atoms with E-state index in [1.54, 1.807) is 0 Å². The third kappa shape index (κ3) is 13.9. The summed E-state index contributed by atoms with van der Waals surface area (Å²) in [6.45, 7) is 4.74. The van der Waals surface area contributed by atoms with Crippen molar-refractivity contribution in [3.63, 3.8) is 0 Å². The van der Waals surface area contributed by atoms with Crippen molar-refractivity contribution >= 4 is 108 Å². The summed E-state index contributed by atoms with van der Waals surface area (Å²) >= 11 is 3.78. The maximum atomic E-state index is 2.53. The molecule has 0 spiro atoms. The van der Waals surface area contributed by atoms with E-state index in [0.29, 0.717) is 0 Å². The van der Waals surface area contributed by atoms with Gasteiger partial charge in [0.15, 0.2) is 0 Å². The van der Waals surface area contributed by atoms with Gasteiger partial charge in [-0.25, -0.2) is 0 Å². The van der Waals surface area contributed by atoms with Crippen molar-refractivity contribution in [2.24, 2.45) is 0 Å². The minimum atomic E-state index is -0.608. The van der Waals surface area contributed by atoms with E-state index < -0.39 is 10.8 Å². The molecule has 0 radical (unpaired) electrons. The Morgan fingerprint density at radius 1 is 0.158 bits per heavy atom. The van der Waals surface area contributed by atoms with Crippen LogP contribution in [0.4, 0.5) is 34.1 Å². The zero-order valence-corrected chi connectivity index (χ0v) is 78.5. The standard InChI is InChI=1S/C70H49NS.C65H43NS/c1-69(2)63-27-15-12-24-57(63)60-37-35-56(45-66(60)69)71(54-33-30-49(31-34-54)46-18-6-3-7-19-46)55-36-39-68-62(44-55)61-43-52(32-38-67(61)72-68)70(64-28-16-13-25-58(64)59-26-14-17-29-65(59)70)53-41-50(47-20-8-4-9-21-47)40-51(42-53)48-22-10-5-11-23-48;1-4-16-44(17-5-1)46-30-34-55(35-31-46)66(54-25-8-3-9-26-54)56-27-15-23-48(39-56)51-32-36-58-59-37-33-53(43-64(59)67-63(58)42-51)65(52-24-14-22-47(38-52)45-18-6-2-7-19-45)61-29-13-12-28-57(61)60-40-49-20-10-11-21-50(49)41-62(60)65/h3-45H,1-2H3;1-43H. The lowest BCUT2D eigenvalue weighted by Gasteiger charge is -2.35. The normalized spacial score (nSPS) is 13.8. The summed E-state index contributed by atoms with van der Waals surface area (Å²) in [4.78, 5) is 4.82. The maximum Gasteiger partial charge on any atom is 0.0714 e. The van der Waals surface area contributed by atoms with Crippen LogP contribution >= 0.6 is 22.7 Å². The van der Waals surface area contributed by atoms with Crippen molar-refractivity contribution in [1.29, 1.82) is 0 Å². The first-order valence-corrected chi connectivity index (χ1v) is 49.8. The molecule has 2 aromatic heterocycles. The Kier molecular flexibility index (Phi) is 20.2. The number of fused-ring (bicyclic) bond motifs is 16.